The molecule has 4 aromatic heterocycles. The molecule has 0 bridgehead atoms. The third-order valence-corrected chi connectivity index (χ3v) is 8.13. The highest BCUT2D eigenvalue weighted by Gasteiger charge is 2.43. The lowest BCUT2D eigenvalue weighted by molar-refractivity contribution is -0.146. The standard InChI is InChI=1S/C34H18F12N6/c35-31(36,37)19-11-26(34(44,45)46)48-22-14-24-29(49-27(19)22)51(15-17-7-3-1-4-8-17)23-13-21-28(20(32(38,39)40)12-25(47-21)33(41,42)43)50-30(23)52(24)16-18-9-5-2-6-10-18/h1-14H,15-16H2. The van der Waals surface area contributed by atoms with Crippen molar-refractivity contribution in [2.75, 3.05) is 9.80 Å². The molecule has 52 heavy (non-hydrogen) atoms. The summed E-state index contributed by atoms with van der Waals surface area (Å²) in [6.07, 6.45) is -21.3. The van der Waals surface area contributed by atoms with Crippen LogP contribution in [0.3, 0.4) is 0 Å². The van der Waals surface area contributed by atoms with Gasteiger partial charge in [-0.25, -0.2) is 19.9 Å². The van der Waals surface area contributed by atoms with Gasteiger partial charge in [0.1, 0.15) is 22.4 Å². The summed E-state index contributed by atoms with van der Waals surface area (Å²) in [4.78, 5) is 17.7. The lowest BCUT2D eigenvalue weighted by Gasteiger charge is -2.39. The topological polar surface area (TPSA) is 58.0 Å². The lowest BCUT2D eigenvalue weighted by Crippen LogP contribution is -2.31. The SMILES string of the molecule is FC(F)(F)c1cc(C(F)(F)F)c2nc3c(cc2n1)N(Cc1ccccc1)c1nc2c(C(F)(F)F)cc(C(F)(F)F)nc2cc1N3Cc1ccccc1. The Balaban J connectivity index is 1.60. The van der Waals surface area contributed by atoms with Gasteiger partial charge in [-0.3, -0.25) is 0 Å². The van der Waals surface area contributed by atoms with Crippen molar-refractivity contribution in [2.45, 2.75) is 37.8 Å². The second-order valence-electron chi connectivity index (χ2n) is 11.6. The molecule has 0 spiro atoms. The van der Waals surface area contributed by atoms with E-state index in [0.717, 1.165) is 12.1 Å². The normalized spacial score (nSPS) is 13.8. The first-order valence-corrected chi connectivity index (χ1v) is 14.9. The van der Waals surface area contributed by atoms with Gasteiger partial charge in [0.05, 0.1) is 33.5 Å². The van der Waals surface area contributed by atoms with E-state index in [1.807, 2.05) is 0 Å². The van der Waals surface area contributed by atoms with Gasteiger partial charge < -0.3 is 9.80 Å². The third-order valence-electron chi connectivity index (χ3n) is 8.13. The fraction of sp³-hybridized carbons (Fsp3) is 0.176. The number of hydrogen-bond donors (Lipinski definition) is 0. The summed E-state index contributed by atoms with van der Waals surface area (Å²) >= 11 is 0. The van der Waals surface area contributed by atoms with Crippen molar-refractivity contribution in [3.05, 3.63) is 119 Å². The average molecular weight is 739 g/mol. The molecule has 0 aliphatic carbocycles. The van der Waals surface area contributed by atoms with Crippen molar-refractivity contribution in [1.82, 2.24) is 19.9 Å². The van der Waals surface area contributed by atoms with Crippen molar-refractivity contribution < 1.29 is 52.7 Å². The van der Waals surface area contributed by atoms with E-state index in [1.165, 1.54) is 9.80 Å². The molecule has 0 fully saturated rings. The summed E-state index contributed by atoms with van der Waals surface area (Å²) in [6, 6.07) is 17.5. The summed E-state index contributed by atoms with van der Waals surface area (Å²) in [7, 11) is 0. The Bertz CT molecular complexity index is 2160. The Hall–Kier alpha value is -5.68. The molecular formula is C34H18F12N6. The van der Waals surface area contributed by atoms with E-state index in [9.17, 15) is 52.7 Å². The first-order valence-electron chi connectivity index (χ1n) is 14.9. The number of hydrogen-bond acceptors (Lipinski definition) is 6. The zero-order valence-corrected chi connectivity index (χ0v) is 25.7. The van der Waals surface area contributed by atoms with Crippen LogP contribution >= 0.6 is 0 Å². The van der Waals surface area contributed by atoms with Gasteiger partial charge in [0, 0.05) is 13.1 Å². The predicted octanol–water partition coefficient (Wildman–Crippen LogP) is 10.6. The van der Waals surface area contributed by atoms with E-state index in [1.54, 1.807) is 60.7 Å². The lowest BCUT2D eigenvalue weighted by atomic mass is 10.1. The summed E-state index contributed by atoms with van der Waals surface area (Å²) in [5.74, 6) is -0.646. The van der Waals surface area contributed by atoms with Crippen molar-refractivity contribution in [3.63, 3.8) is 0 Å². The van der Waals surface area contributed by atoms with E-state index in [-0.39, 0.29) is 48.2 Å². The average Bonchev–Trinajstić information content (AvgIpc) is 3.06. The number of aromatic nitrogens is 4. The Morgan fingerprint density at radius 3 is 1.08 bits per heavy atom. The second-order valence-corrected chi connectivity index (χ2v) is 11.6. The third kappa shape index (κ3) is 6.36. The molecular weight excluding hydrogens is 720 g/mol. The maximum Gasteiger partial charge on any atom is 0.433 e. The Kier molecular flexibility index (Phi) is 7.99. The van der Waals surface area contributed by atoms with E-state index in [0.29, 0.717) is 11.1 Å². The zero-order valence-electron chi connectivity index (χ0n) is 25.7. The van der Waals surface area contributed by atoms with Crippen LogP contribution in [0.1, 0.15) is 33.6 Å². The van der Waals surface area contributed by atoms with Crippen molar-refractivity contribution in [1.29, 1.82) is 0 Å². The number of rotatable bonds is 4. The van der Waals surface area contributed by atoms with Crippen LogP contribution in [0.15, 0.2) is 84.9 Å². The molecule has 268 valence electrons. The number of nitrogens with zero attached hydrogens (tertiary/aromatic N) is 6. The highest BCUT2D eigenvalue weighted by atomic mass is 19.4. The summed E-state index contributed by atoms with van der Waals surface area (Å²) in [5.41, 5.74) is -10.4. The van der Waals surface area contributed by atoms with E-state index < -0.39 is 69.3 Å². The van der Waals surface area contributed by atoms with Crippen LogP contribution in [0, 0.1) is 0 Å². The number of fused-ring (bicyclic) bond motifs is 4. The quantitative estimate of drug-likeness (QED) is 0.168. The van der Waals surface area contributed by atoms with E-state index >= 15 is 0 Å². The van der Waals surface area contributed by atoms with Gasteiger partial charge in [-0.15, -0.1) is 0 Å². The number of alkyl halides is 12. The molecule has 2 aromatic carbocycles. The van der Waals surface area contributed by atoms with Gasteiger partial charge in [-0.2, -0.15) is 52.7 Å². The number of anilines is 4. The van der Waals surface area contributed by atoms with Gasteiger partial charge in [-0.1, -0.05) is 60.7 Å². The van der Waals surface area contributed by atoms with Crippen LogP contribution in [0.4, 0.5) is 75.7 Å². The molecule has 1 aliphatic rings. The van der Waals surface area contributed by atoms with Crippen LogP contribution in [0.2, 0.25) is 0 Å². The second kappa shape index (κ2) is 11.9. The zero-order chi connectivity index (χ0) is 37.4. The summed E-state index contributed by atoms with van der Waals surface area (Å²) in [5, 5.41) is 0. The molecule has 0 N–H and O–H groups in total. The minimum Gasteiger partial charge on any atom is -0.317 e. The van der Waals surface area contributed by atoms with Crippen LogP contribution in [0.5, 0.6) is 0 Å². The molecule has 7 rings (SSSR count). The Morgan fingerprint density at radius 1 is 0.423 bits per heavy atom. The maximum absolute atomic E-state index is 14.3. The van der Waals surface area contributed by atoms with Crippen molar-refractivity contribution in [2.24, 2.45) is 0 Å². The molecule has 6 aromatic rings. The van der Waals surface area contributed by atoms with Gasteiger partial charge in [0.15, 0.2) is 11.6 Å². The molecule has 5 heterocycles. The molecule has 0 unspecified atom stereocenters. The minimum atomic E-state index is -5.35. The molecule has 1 aliphatic heterocycles. The van der Waals surface area contributed by atoms with Crippen LogP contribution in [-0.4, -0.2) is 19.9 Å². The van der Waals surface area contributed by atoms with Gasteiger partial charge in [0.2, 0.25) is 0 Å². The number of benzene rings is 2. The van der Waals surface area contributed by atoms with E-state index in [4.69, 9.17) is 0 Å². The molecule has 0 saturated carbocycles. The molecule has 0 amide bonds. The highest BCUT2D eigenvalue weighted by molar-refractivity contribution is 5.99. The van der Waals surface area contributed by atoms with Crippen molar-refractivity contribution >= 4 is 45.1 Å². The maximum atomic E-state index is 14.3. The minimum absolute atomic E-state index is 0.182. The Morgan fingerprint density at radius 2 is 0.769 bits per heavy atom. The predicted molar refractivity (Wildman–Crippen MR) is 164 cm³/mol. The van der Waals surface area contributed by atoms with Crippen LogP contribution < -0.4 is 9.80 Å². The molecule has 0 atom stereocenters. The van der Waals surface area contributed by atoms with Crippen LogP contribution in [0.25, 0.3) is 22.1 Å². The summed E-state index contributed by atoms with van der Waals surface area (Å²) < 4.78 is 169. The fourth-order valence-electron chi connectivity index (χ4n) is 5.86. The number of halogens is 12. The molecule has 0 saturated heterocycles. The first-order chi connectivity index (χ1) is 24.3. The molecule has 0 radical (unpaired) electrons. The first kappa shape index (κ1) is 34.8. The monoisotopic (exact) mass is 738 g/mol. The van der Waals surface area contributed by atoms with E-state index in [2.05, 4.69) is 19.9 Å². The van der Waals surface area contributed by atoms with Gasteiger partial charge in [-0.05, 0) is 35.4 Å². The van der Waals surface area contributed by atoms with Gasteiger partial charge >= 0.3 is 24.7 Å². The Labute approximate surface area is 284 Å². The highest BCUT2D eigenvalue weighted by Crippen LogP contribution is 2.51. The summed E-state index contributed by atoms with van der Waals surface area (Å²) in [6.45, 7) is -0.543. The fourth-order valence-corrected chi connectivity index (χ4v) is 5.86. The molecule has 18 heteroatoms. The number of pyridine rings is 4. The van der Waals surface area contributed by atoms with Crippen LogP contribution in [-0.2, 0) is 37.8 Å². The smallest absolute Gasteiger partial charge is 0.317 e. The largest absolute Gasteiger partial charge is 0.433 e. The molecule has 6 nitrogen and oxygen atoms in total. The van der Waals surface area contributed by atoms with Gasteiger partial charge in [0.25, 0.3) is 0 Å². The van der Waals surface area contributed by atoms with Crippen molar-refractivity contribution in [3.8, 4) is 0 Å².